The number of nitrogens with one attached hydrogen (secondary N) is 1. The quantitative estimate of drug-likeness (QED) is 0.441. The van der Waals surface area contributed by atoms with Gasteiger partial charge in [0.2, 0.25) is 0 Å². The van der Waals surface area contributed by atoms with Crippen molar-refractivity contribution in [1.29, 1.82) is 0 Å². The van der Waals surface area contributed by atoms with Gasteiger partial charge in [0.25, 0.3) is 0 Å². The maximum Gasteiger partial charge on any atom is 0.175 e. The Hall–Kier alpha value is -3.98. The molecule has 0 spiro atoms. The molecule has 0 unspecified atom stereocenters. The van der Waals surface area contributed by atoms with Crippen molar-refractivity contribution in [2.24, 2.45) is 7.05 Å². The zero-order valence-corrected chi connectivity index (χ0v) is 18.3. The van der Waals surface area contributed by atoms with Crippen LogP contribution in [-0.2, 0) is 16.9 Å². The summed E-state index contributed by atoms with van der Waals surface area (Å²) in [7, 11) is -1.34. The monoisotopic (exact) mass is 444 g/mol. The Morgan fingerprint density at radius 3 is 2.50 bits per heavy atom. The first-order valence-corrected chi connectivity index (χ1v) is 11.8. The molecule has 0 saturated heterocycles. The Morgan fingerprint density at radius 2 is 1.78 bits per heavy atom. The highest BCUT2D eigenvalue weighted by atomic mass is 32.2. The van der Waals surface area contributed by atoms with Gasteiger partial charge in [-0.1, -0.05) is 6.07 Å². The van der Waals surface area contributed by atoms with Crippen LogP contribution in [0.5, 0.6) is 0 Å². The molecule has 4 heterocycles. The normalized spacial score (nSPS) is 11.7. The van der Waals surface area contributed by atoms with Crippen molar-refractivity contribution in [2.45, 2.75) is 4.90 Å². The van der Waals surface area contributed by atoms with Gasteiger partial charge in [0.05, 0.1) is 28.7 Å². The Morgan fingerprint density at radius 1 is 0.969 bits per heavy atom. The summed E-state index contributed by atoms with van der Waals surface area (Å²) >= 11 is 0. The smallest absolute Gasteiger partial charge is 0.175 e. The van der Waals surface area contributed by atoms with Gasteiger partial charge >= 0.3 is 0 Å². The van der Waals surface area contributed by atoms with Gasteiger partial charge in [-0.15, -0.1) is 0 Å². The maximum absolute atomic E-state index is 11.6. The minimum Gasteiger partial charge on any atom is -0.340 e. The van der Waals surface area contributed by atoms with E-state index in [-0.39, 0.29) is 4.90 Å². The number of fused-ring (bicyclic) bond motifs is 1. The van der Waals surface area contributed by atoms with E-state index >= 15 is 0 Å². The molecule has 0 aliphatic carbocycles. The van der Waals surface area contributed by atoms with Crippen LogP contribution in [0.25, 0.3) is 28.2 Å². The fraction of sp³-hybridized carbons (Fsp3) is 0.0870. The van der Waals surface area contributed by atoms with Crippen LogP contribution < -0.4 is 5.32 Å². The van der Waals surface area contributed by atoms with Gasteiger partial charge in [-0.2, -0.15) is 5.10 Å². The lowest BCUT2D eigenvalue weighted by Crippen LogP contribution is -1.99. The topological polar surface area (TPSA) is 94.2 Å². The number of nitrogens with zero attached hydrogens (tertiary/aromatic N) is 5. The number of aromatic nitrogens is 5. The van der Waals surface area contributed by atoms with Gasteiger partial charge in [0.15, 0.2) is 9.84 Å². The van der Waals surface area contributed by atoms with E-state index in [1.54, 1.807) is 35.1 Å². The molecule has 4 aromatic heterocycles. The Labute approximate surface area is 185 Å². The van der Waals surface area contributed by atoms with Crippen LogP contribution in [0.15, 0.2) is 84.3 Å². The Bertz CT molecular complexity index is 1530. The van der Waals surface area contributed by atoms with Crippen molar-refractivity contribution < 1.29 is 8.42 Å². The number of benzene rings is 1. The van der Waals surface area contributed by atoms with E-state index < -0.39 is 9.84 Å². The minimum absolute atomic E-state index is 0.279. The van der Waals surface area contributed by atoms with Crippen LogP contribution in [0.2, 0.25) is 0 Å². The van der Waals surface area contributed by atoms with Crippen molar-refractivity contribution in [3.05, 3.63) is 79.4 Å². The Balaban J connectivity index is 1.44. The predicted octanol–water partition coefficient (Wildman–Crippen LogP) is 3.94. The van der Waals surface area contributed by atoms with Crippen LogP contribution in [0, 0.1) is 0 Å². The van der Waals surface area contributed by atoms with E-state index in [0.717, 1.165) is 33.8 Å². The molecule has 0 atom stereocenters. The molecule has 0 saturated carbocycles. The largest absolute Gasteiger partial charge is 0.340 e. The second kappa shape index (κ2) is 7.61. The molecule has 0 aliphatic rings. The van der Waals surface area contributed by atoms with Gasteiger partial charge in [0.1, 0.15) is 11.5 Å². The summed E-state index contributed by atoms with van der Waals surface area (Å²) in [6.45, 7) is 0. The molecular weight excluding hydrogens is 424 g/mol. The number of sulfone groups is 1. The summed E-state index contributed by atoms with van der Waals surface area (Å²) in [6, 6.07) is 16.3. The summed E-state index contributed by atoms with van der Waals surface area (Å²) in [5.41, 5.74) is 5.28. The van der Waals surface area contributed by atoms with Crippen molar-refractivity contribution in [1.82, 2.24) is 24.1 Å². The molecular formula is C23H20N6O2S. The highest BCUT2D eigenvalue weighted by Crippen LogP contribution is 2.25. The SMILES string of the molecule is Cn1cc(-c2ccn3c(-c4cccc(Nc5ccc(S(C)(=O)=O)cc5)n4)cnc3c2)cn1. The first-order chi connectivity index (χ1) is 15.4. The first-order valence-electron chi connectivity index (χ1n) is 9.87. The second-order valence-corrected chi connectivity index (χ2v) is 9.54. The molecule has 160 valence electrons. The van der Waals surface area contributed by atoms with Gasteiger partial charge < -0.3 is 5.32 Å². The van der Waals surface area contributed by atoms with Crippen LogP contribution >= 0.6 is 0 Å². The lowest BCUT2D eigenvalue weighted by atomic mass is 10.1. The highest BCUT2D eigenvalue weighted by molar-refractivity contribution is 7.90. The van der Waals surface area contributed by atoms with Crippen molar-refractivity contribution in [3.63, 3.8) is 0 Å². The average Bonchev–Trinajstić information content (AvgIpc) is 3.39. The lowest BCUT2D eigenvalue weighted by molar-refractivity contribution is 0.602. The summed E-state index contributed by atoms with van der Waals surface area (Å²) in [4.78, 5) is 9.54. The fourth-order valence-electron chi connectivity index (χ4n) is 3.50. The molecule has 0 bridgehead atoms. The summed E-state index contributed by atoms with van der Waals surface area (Å²) < 4.78 is 27.1. The molecule has 5 rings (SSSR count). The fourth-order valence-corrected chi connectivity index (χ4v) is 4.13. The minimum atomic E-state index is -3.23. The lowest BCUT2D eigenvalue weighted by Gasteiger charge is -2.08. The molecule has 0 amide bonds. The number of hydrogen-bond acceptors (Lipinski definition) is 6. The summed E-state index contributed by atoms with van der Waals surface area (Å²) in [6.07, 6.45) is 8.76. The summed E-state index contributed by atoms with van der Waals surface area (Å²) in [5.74, 6) is 0.650. The van der Waals surface area contributed by atoms with Crippen LogP contribution in [-0.4, -0.2) is 38.8 Å². The molecule has 0 fully saturated rings. The molecule has 32 heavy (non-hydrogen) atoms. The zero-order valence-electron chi connectivity index (χ0n) is 17.5. The zero-order chi connectivity index (χ0) is 22.3. The highest BCUT2D eigenvalue weighted by Gasteiger charge is 2.11. The van der Waals surface area contributed by atoms with Crippen LogP contribution in [0.3, 0.4) is 0 Å². The summed E-state index contributed by atoms with van der Waals surface area (Å²) in [5, 5.41) is 7.45. The maximum atomic E-state index is 11.6. The molecule has 0 radical (unpaired) electrons. The van der Waals surface area contributed by atoms with E-state index in [9.17, 15) is 8.42 Å². The first kappa shape index (κ1) is 20.0. The van der Waals surface area contributed by atoms with Crippen molar-refractivity contribution in [3.8, 4) is 22.5 Å². The van der Waals surface area contributed by atoms with E-state index in [4.69, 9.17) is 4.98 Å². The van der Waals surface area contributed by atoms with Gasteiger partial charge in [-0.25, -0.2) is 18.4 Å². The number of anilines is 2. The van der Waals surface area contributed by atoms with Gasteiger partial charge in [0, 0.05) is 36.9 Å². The van der Waals surface area contributed by atoms with E-state index in [1.807, 2.05) is 60.4 Å². The van der Waals surface area contributed by atoms with Crippen LogP contribution in [0.1, 0.15) is 0 Å². The van der Waals surface area contributed by atoms with Gasteiger partial charge in [-0.05, 0) is 54.1 Å². The Kier molecular flexibility index (Phi) is 4.75. The number of hydrogen-bond donors (Lipinski definition) is 1. The molecule has 8 nitrogen and oxygen atoms in total. The molecule has 5 aromatic rings. The molecule has 9 heteroatoms. The predicted molar refractivity (Wildman–Crippen MR) is 123 cm³/mol. The van der Waals surface area contributed by atoms with E-state index in [2.05, 4.69) is 15.4 Å². The van der Waals surface area contributed by atoms with Crippen LogP contribution in [0.4, 0.5) is 11.5 Å². The number of aryl methyl sites for hydroxylation is 1. The van der Waals surface area contributed by atoms with Crippen molar-refractivity contribution in [2.75, 3.05) is 11.6 Å². The average molecular weight is 445 g/mol. The van der Waals surface area contributed by atoms with E-state index in [1.165, 1.54) is 6.26 Å². The third-order valence-electron chi connectivity index (χ3n) is 5.12. The van der Waals surface area contributed by atoms with Crippen molar-refractivity contribution >= 4 is 27.0 Å². The van der Waals surface area contributed by atoms with Gasteiger partial charge in [-0.3, -0.25) is 9.08 Å². The number of pyridine rings is 2. The van der Waals surface area contributed by atoms with E-state index in [0.29, 0.717) is 5.82 Å². The second-order valence-electron chi connectivity index (χ2n) is 7.52. The number of rotatable bonds is 5. The third kappa shape index (κ3) is 3.85. The standard InChI is InChI=1S/C23H20N6O2S/c1-28-15-17(13-25-28)16-10-11-29-21(14-24-23(29)12-16)20-4-3-5-22(27-20)26-18-6-8-19(9-7-18)32(2,30)31/h3-15H,1-2H3,(H,26,27). The molecule has 0 aliphatic heterocycles. The molecule has 1 N–H and O–H groups in total. The molecule has 1 aromatic carbocycles. The third-order valence-corrected chi connectivity index (χ3v) is 6.25. The number of imidazole rings is 1.